The average molecular weight is 340 g/mol. The van der Waals surface area contributed by atoms with Gasteiger partial charge in [0.05, 0.1) is 11.1 Å². The molecule has 0 aromatic carbocycles. The normalized spacial score (nSPS) is 22.6. The second-order valence-corrected chi connectivity index (χ2v) is 8.48. The molecule has 0 unspecified atom stereocenters. The van der Waals surface area contributed by atoms with Crippen LogP contribution >= 0.6 is 11.3 Å². The van der Waals surface area contributed by atoms with Crippen LogP contribution in [0.25, 0.3) is 10.2 Å². The highest BCUT2D eigenvalue weighted by Crippen LogP contribution is 2.33. The van der Waals surface area contributed by atoms with Crippen LogP contribution in [-0.2, 0) is 16.4 Å². The first kappa shape index (κ1) is 15.6. The number of anilines is 1. The Morgan fingerprint density at radius 2 is 2.18 bits per heavy atom. The number of fused-ring (bicyclic) bond motifs is 1. The number of hydrogen-bond acceptors (Lipinski definition) is 6. The van der Waals surface area contributed by atoms with Gasteiger partial charge in [-0.2, -0.15) is 0 Å². The van der Waals surface area contributed by atoms with Crippen LogP contribution in [0.5, 0.6) is 0 Å². The van der Waals surface area contributed by atoms with Gasteiger partial charge < -0.3 is 4.90 Å². The Hall–Kier alpha value is -1.25. The standard InChI is InChI=1S/C14H20N4O2S2/c1-3-12-16-13(11-4-5-21-14(11)17-12)18-6-9(2)10(7-18)8-22(15,19)20/h4-5,9-10H,3,6-8H2,1-2H3,(H2,15,19,20)/t9-,10+/m1/s1. The van der Waals surface area contributed by atoms with E-state index in [1.54, 1.807) is 11.3 Å². The topological polar surface area (TPSA) is 89.2 Å². The summed E-state index contributed by atoms with van der Waals surface area (Å²) in [4.78, 5) is 12.4. The van der Waals surface area contributed by atoms with Gasteiger partial charge in [0.2, 0.25) is 10.0 Å². The Kier molecular flexibility index (Phi) is 4.09. The molecule has 2 atom stereocenters. The van der Waals surface area contributed by atoms with Crippen LogP contribution < -0.4 is 10.0 Å². The molecular formula is C14H20N4O2S2. The van der Waals surface area contributed by atoms with Crippen molar-refractivity contribution < 1.29 is 8.42 Å². The molecule has 0 spiro atoms. The highest BCUT2D eigenvalue weighted by atomic mass is 32.2. The third kappa shape index (κ3) is 3.09. The number of nitrogens with two attached hydrogens (primary N) is 1. The van der Waals surface area contributed by atoms with Crippen LogP contribution in [0, 0.1) is 11.8 Å². The van der Waals surface area contributed by atoms with Crippen molar-refractivity contribution >= 4 is 37.4 Å². The second-order valence-electron chi connectivity index (χ2n) is 5.93. The lowest BCUT2D eigenvalue weighted by molar-refractivity contribution is 0.486. The minimum absolute atomic E-state index is 0.0309. The third-order valence-corrected chi connectivity index (χ3v) is 5.88. The summed E-state index contributed by atoms with van der Waals surface area (Å²) in [5.74, 6) is 2.10. The zero-order valence-electron chi connectivity index (χ0n) is 12.7. The maximum atomic E-state index is 11.4. The molecular weight excluding hydrogens is 320 g/mol. The van der Waals surface area contributed by atoms with E-state index in [0.717, 1.165) is 34.8 Å². The number of aryl methyl sites for hydroxylation is 1. The summed E-state index contributed by atoms with van der Waals surface area (Å²) in [6.45, 7) is 5.57. The molecule has 8 heteroatoms. The lowest BCUT2D eigenvalue weighted by Crippen LogP contribution is -2.27. The number of aromatic nitrogens is 2. The first-order valence-corrected chi connectivity index (χ1v) is 9.96. The summed E-state index contributed by atoms with van der Waals surface area (Å²) in [7, 11) is -3.45. The molecule has 1 saturated heterocycles. The van der Waals surface area contributed by atoms with E-state index in [0.29, 0.717) is 6.54 Å². The fourth-order valence-electron chi connectivity index (χ4n) is 3.00. The van der Waals surface area contributed by atoms with Crippen molar-refractivity contribution in [3.8, 4) is 0 Å². The molecule has 2 aromatic rings. The molecule has 3 heterocycles. The van der Waals surface area contributed by atoms with E-state index in [1.165, 1.54) is 0 Å². The molecule has 0 amide bonds. The van der Waals surface area contributed by atoms with Gasteiger partial charge in [-0.15, -0.1) is 11.3 Å². The van der Waals surface area contributed by atoms with E-state index < -0.39 is 10.0 Å². The van der Waals surface area contributed by atoms with Crippen LogP contribution in [0.4, 0.5) is 5.82 Å². The van der Waals surface area contributed by atoms with Crippen LogP contribution in [0.15, 0.2) is 11.4 Å². The first-order valence-electron chi connectivity index (χ1n) is 7.37. The average Bonchev–Trinajstić information content (AvgIpc) is 3.03. The van der Waals surface area contributed by atoms with Crippen molar-refractivity contribution in [1.82, 2.24) is 9.97 Å². The van der Waals surface area contributed by atoms with Crippen molar-refractivity contribution in [3.63, 3.8) is 0 Å². The number of sulfonamides is 1. The van der Waals surface area contributed by atoms with Gasteiger partial charge in [-0.1, -0.05) is 13.8 Å². The third-order valence-electron chi connectivity index (χ3n) is 4.18. The molecule has 0 aliphatic carbocycles. The Labute approximate surface area is 134 Å². The van der Waals surface area contributed by atoms with Gasteiger partial charge in [-0.05, 0) is 23.3 Å². The molecule has 1 aliphatic rings. The number of primary sulfonamides is 1. The highest BCUT2D eigenvalue weighted by molar-refractivity contribution is 7.89. The molecule has 1 aliphatic heterocycles. The molecule has 0 bridgehead atoms. The van der Waals surface area contributed by atoms with Gasteiger partial charge in [0.25, 0.3) is 0 Å². The minimum atomic E-state index is -3.45. The summed E-state index contributed by atoms with van der Waals surface area (Å²) < 4.78 is 22.8. The highest BCUT2D eigenvalue weighted by Gasteiger charge is 2.33. The number of rotatable bonds is 4. The molecule has 1 fully saturated rings. The van der Waals surface area contributed by atoms with E-state index >= 15 is 0 Å². The molecule has 2 aromatic heterocycles. The van der Waals surface area contributed by atoms with Gasteiger partial charge in [-0.25, -0.2) is 23.5 Å². The fraction of sp³-hybridized carbons (Fsp3) is 0.571. The molecule has 0 saturated carbocycles. The second kappa shape index (κ2) is 5.75. The van der Waals surface area contributed by atoms with Gasteiger partial charge in [0.1, 0.15) is 16.5 Å². The lowest BCUT2D eigenvalue weighted by atomic mass is 10.0. The minimum Gasteiger partial charge on any atom is -0.355 e. The van der Waals surface area contributed by atoms with Crippen molar-refractivity contribution in [3.05, 3.63) is 17.3 Å². The number of nitrogens with zero attached hydrogens (tertiary/aromatic N) is 3. The summed E-state index contributed by atoms with van der Waals surface area (Å²) in [6, 6.07) is 2.03. The zero-order valence-corrected chi connectivity index (χ0v) is 14.3. The summed E-state index contributed by atoms with van der Waals surface area (Å²) in [5, 5.41) is 8.28. The summed E-state index contributed by atoms with van der Waals surface area (Å²) in [6.07, 6.45) is 0.783. The van der Waals surface area contributed by atoms with Crippen LogP contribution in [0.1, 0.15) is 19.7 Å². The SMILES string of the molecule is CCc1nc(N2C[C@@H](CS(N)(=O)=O)[C@H](C)C2)c2ccsc2n1. The van der Waals surface area contributed by atoms with E-state index in [4.69, 9.17) is 5.14 Å². The van der Waals surface area contributed by atoms with E-state index in [1.807, 2.05) is 18.4 Å². The number of thiophene rings is 1. The maximum absolute atomic E-state index is 11.4. The molecule has 3 rings (SSSR count). The Balaban J connectivity index is 1.93. The largest absolute Gasteiger partial charge is 0.355 e. The van der Waals surface area contributed by atoms with Crippen molar-refractivity contribution in [2.45, 2.75) is 20.3 Å². The van der Waals surface area contributed by atoms with Crippen LogP contribution in [0.3, 0.4) is 0 Å². The predicted molar refractivity (Wildman–Crippen MR) is 89.6 cm³/mol. The molecule has 0 radical (unpaired) electrons. The van der Waals surface area contributed by atoms with E-state index in [2.05, 4.69) is 21.8 Å². The summed E-state index contributed by atoms with van der Waals surface area (Å²) in [5.41, 5.74) is 0. The smallest absolute Gasteiger partial charge is 0.209 e. The quantitative estimate of drug-likeness (QED) is 0.913. The first-order chi connectivity index (χ1) is 10.4. The fourth-order valence-corrected chi connectivity index (χ4v) is 4.81. The van der Waals surface area contributed by atoms with E-state index in [9.17, 15) is 8.42 Å². The van der Waals surface area contributed by atoms with Crippen molar-refractivity contribution in [1.29, 1.82) is 0 Å². The Bertz CT molecular complexity index is 787. The van der Waals surface area contributed by atoms with Gasteiger partial charge in [0.15, 0.2) is 0 Å². The van der Waals surface area contributed by atoms with Gasteiger partial charge >= 0.3 is 0 Å². The molecule has 2 N–H and O–H groups in total. The van der Waals surface area contributed by atoms with Crippen LogP contribution in [-0.4, -0.2) is 37.2 Å². The van der Waals surface area contributed by atoms with E-state index in [-0.39, 0.29) is 17.6 Å². The molecule has 22 heavy (non-hydrogen) atoms. The monoisotopic (exact) mass is 340 g/mol. The summed E-state index contributed by atoms with van der Waals surface area (Å²) >= 11 is 1.61. The van der Waals surface area contributed by atoms with Crippen molar-refractivity contribution in [2.75, 3.05) is 23.7 Å². The molecule has 120 valence electrons. The zero-order chi connectivity index (χ0) is 15.9. The Morgan fingerprint density at radius 1 is 1.41 bits per heavy atom. The molecule has 6 nitrogen and oxygen atoms in total. The van der Waals surface area contributed by atoms with Gasteiger partial charge in [0, 0.05) is 19.5 Å². The lowest BCUT2D eigenvalue weighted by Gasteiger charge is -2.19. The predicted octanol–water partition coefficient (Wildman–Crippen LogP) is 1.61. The van der Waals surface area contributed by atoms with Crippen molar-refractivity contribution in [2.24, 2.45) is 17.0 Å². The van der Waals surface area contributed by atoms with Gasteiger partial charge in [-0.3, -0.25) is 0 Å². The maximum Gasteiger partial charge on any atom is 0.209 e. The number of hydrogen-bond donors (Lipinski definition) is 1. The van der Waals surface area contributed by atoms with Crippen LogP contribution in [0.2, 0.25) is 0 Å². The Morgan fingerprint density at radius 3 is 2.86 bits per heavy atom.